The first kappa shape index (κ1) is 25.0. The summed E-state index contributed by atoms with van der Waals surface area (Å²) >= 11 is 0. The van der Waals surface area contributed by atoms with E-state index in [9.17, 15) is 9.18 Å². The maximum absolute atomic E-state index is 13.8. The molecule has 1 unspecified atom stereocenters. The molecule has 6 heteroatoms. The van der Waals surface area contributed by atoms with Gasteiger partial charge >= 0.3 is 0 Å². The topological polar surface area (TPSA) is 37.7 Å². The Morgan fingerprint density at radius 2 is 1.65 bits per heavy atom. The van der Waals surface area contributed by atoms with E-state index in [4.69, 9.17) is 4.74 Å². The van der Waals surface area contributed by atoms with Gasteiger partial charge in [0.25, 0.3) is 0 Å². The Hall–Kier alpha value is -3.64. The first-order chi connectivity index (χ1) is 18.1. The van der Waals surface area contributed by atoms with Crippen LogP contribution in [0.1, 0.15) is 36.0 Å². The normalized spacial score (nSPS) is 15.2. The van der Waals surface area contributed by atoms with E-state index < -0.39 is 0 Å². The van der Waals surface area contributed by atoms with Gasteiger partial charge in [-0.25, -0.2) is 4.39 Å². The third-order valence-electron chi connectivity index (χ3n) is 7.53. The highest BCUT2D eigenvalue weighted by molar-refractivity contribution is 5.87. The van der Waals surface area contributed by atoms with E-state index in [0.717, 1.165) is 66.1 Å². The minimum atomic E-state index is -0.272. The number of amides is 1. The van der Waals surface area contributed by atoms with Gasteiger partial charge in [0.2, 0.25) is 5.91 Å². The molecule has 3 aromatic carbocycles. The Morgan fingerprint density at radius 1 is 0.946 bits per heavy atom. The number of para-hydroxylation sites is 1. The Morgan fingerprint density at radius 3 is 2.32 bits per heavy atom. The van der Waals surface area contributed by atoms with Crippen LogP contribution in [-0.4, -0.2) is 60.1 Å². The van der Waals surface area contributed by atoms with Gasteiger partial charge in [-0.15, -0.1) is 0 Å². The molecule has 1 aliphatic rings. The summed E-state index contributed by atoms with van der Waals surface area (Å²) in [6.07, 6.45) is 2.53. The van der Waals surface area contributed by atoms with E-state index in [2.05, 4.69) is 46.9 Å². The quantitative estimate of drug-likeness (QED) is 0.320. The van der Waals surface area contributed by atoms with Crippen molar-refractivity contribution in [2.45, 2.75) is 25.8 Å². The van der Waals surface area contributed by atoms with Gasteiger partial charge in [0.05, 0.1) is 7.11 Å². The minimum Gasteiger partial charge on any atom is -0.497 e. The fourth-order valence-electron chi connectivity index (χ4n) is 5.33. The second-order valence-corrected chi connectivity index (χ2v) is 9.70. The lowest BCUT2D eigenvalue weighted by atomic mass is 9.87. The van der Waals surface area contributed by atoms with Crippen LogP contribution in [0.25, 0.3) is 10.9 Å². The number of aromatic nitrogens is 1. The van der Waals surface area contributed by atoms with Crippen molar-refractivity contribution >= 4 is 16.8 Å². The number of nitrogens with zero attached hydrogens (tertiary/aromatic N) is 3. The molecule has 0 aliphatic carbocycles. The molecule has 1 saturated heterocycles. The molecule has 37 heavy (non-hydrogen) atoms. The summed E-state index contributed by atoms with van der Waals surface area (Å²) in [5.41, 5.74) is 4.33. The lowest BCUT2D eigenvalue weighted by Crippen LogP contribution is -2.48. The van der Waals surface area contributed by atoms with Gasteiger partial charge in [-0.2, -0.15) is 0 Å². The summed E-state index contributed by atoms with van der Waals surface area (Å²) in [7, 11) is 1.67. The van der Waals surface area contributed by atoms with Crippen LogP contribution >= 0.6 is 0 Å². The number of fused-ring (bicyclic) bond motifs is 1. The molecule has 0 radical (unpaired) electrons. The zero-order chi connectivity index (χ0) is 25.8. The second-order valence-electron chi connectivity index (χ2n) is 9.70. The summed E-state index contributed by atoms with van der Waals surface area (Å²) in [5, 5.41) is 1.12. The largest absolute Gasteiger partial charge is 0.497 e. The van der Waals surface area contributed by atoms with Crippen molar-refractivity contribution in [3.8, 4) is 5.75 Å². The van der Waals surface area contributed by atoms with Crippen LogP contribution in [-0.2, 0) is 11.3 Å². The van der Waals surface area contributed by atoms with Crippen molar-refractivity contribution in [1.29, 1.82) is 0 Å². The van der Waals surface area contributed by atoms with Gasteiger partial charge in [0.15, 0.2) is 0 Å². The predicted octanol–water partition coefficient (Wildman–Crippen LogP) is 5.52. The van der Waals surface area contributed by atoms with Gasteiger partial charge in [0, 0.05) is 62.2 Å². The van der Waals surface area contributed by atoms with Crippen LogP contribution in [0.3, 0.4) is 0 Å². The number of halogens is 1. The fraction of sp³-hybridized carbons (Fsp3) is 0.323. The van der Waals surface area contributed by atoms with E-state index >= 15 is 0 Å². The molecule has 0 spiro atoms. The monoisotopic (exact) mass is 499 g/mol. The van der Waals surface area contributed by atoms with Gasteiger partial charge < -0.3 is 19.1 Å². The fourth-order valence-corrected chi connectivity index (χ4v) is 5.33. The standard InChI is InChI=1S/C31H34FN3O2/c1-3-33-16-18-34(19-17-33)31(36)20-28(24-10-12-25(32)13-11-24)29-22-35(30-7-5-4-6-27(29)30)21-23-8-14-26(37-2)15-9-23/h4-15,22,28H,3,16-21H2,1-2H3. The number of methoxy groups -OCH3 is 1. The van der Waals surface area contributed by atoms with Crippen LogP contribution < -0.4 is 4.74 Å². The zero-order valence-electron chi connectivity index (χ0n) is 21.6. The molecule has 2 heterocycles. The van der Waals surface area contributed by atoms with Crippen LogP contribution in [0, 0.1) is 5.82 Å². The Labute approximate surface area is 218 Å². The maximum Gasteiger partial charge on any atom is 0.223 e. The molecule has 0 bridgehead atoms. The molecule has 1 aliphatic heterocycles. The van der Waals surface area contributed by atoms with Crippen LogP contribution in [0.5, 0.6) is 5.75 Å². The van der Waals surface area contributed by atoms with E-state index in [-0.39, 0.29) is 17.6 Å². The summed E-state index contributed by atoms with van der Waals surface area (Å²) in [6.45, 7) is 7.19. The van der Waals surface area contributed by atoms with Gasteiger partial charge in [0.1, 0.15) is 11.6 Å². The maximum atomic E-state index is 13.8. The van der Waals surface area contributed by atoms with Gasteiger partial charge in [-0.3, -0.25) is 4.79 Å². The first-order valence-corrected chi connectivity index (χ1v) is 13.0. The van der Waals surface area contributed by atoms with Gasteiger partial charge in [-0.1, -0.05) is 49.4 Å². The van der Waals surface area contributed by atoms with Crippen molar-refractivity contribution in [2.75, 3.05) is 39.8 Å². The van der Waals surface area contributed by atoms with E-state index in [1.165, 1.54) is 12.1 Å². The zero-order valence-corrected chi connectivity index (χ0v) is 21.6. The van der Waals surface area contributed by atoms with Gasteiger partial charge in [-0.05, 0) is 53.6 Å². The van der Waals surface area contributed by atoms with E-state index in [0.29, 0.717) is 13.0 Å². The molecule has 1 atom stereocenters. The predicted molar refractivity (Wildman–Crippen MR) is 146 cm³/mol. The van der Waals surface area contributed by atoms with Crippen LogP contribution in [0.4, 0.5) is 4.39 Å². The van der Waals surface area contributed by atoms with Crippen molar-refractivity contribution in [1.82, 2.24) is 14.4 Å². The van der Waals surface area contributed by atoms with Crippen LogP contribution in [0.2, 0.25) is 0 Å². The SMILES string of the molecule is CCN1CCN(C(=O)CC(c2ccc(F)cc2)c2cn(Cc3ccc(OC)cc3)c3ccccc23)CC1. The number of carbonyl (C=O) groups is 1. The van der Waals surface area contributed by atoms with E-state index in [1.807, 2.05) is 41.3 Å². The number of hydrogen-bond donors (Lipinski definition) is 0. The van der Waals surface area contributed by atoms with Crippen molar-refractivity contribution < 1.29 is 13.9 Å². The molecular weight excluding hydrogens is 465 g/mol. The van der Waals surface area contributed by atoms with Crippen molar-refractivity contribution in [2.24, 2.45) is 0 Å². The highest BCUT2D eigenvalue weighted by Gasteiger charge is 2.27. The average molecular weight is 500 g/mol. The Kier molecular flexibility index (Phi) is 7.56. The highest BCUT2D eigenvalue weighted by atomic mass is 19.1. The lowest BCUT2D eigenvalue weighted by Gasteiger charge is -2.34. The number of benzene rings is 3. The molecule has 1 fully saturated rings. The molecule has 5 rings (SSSR count). The summed E-state index contributed by atoms with van der Waals surface area (Å²) < 4.78 is 21.4. The Bertz CT molecular complexity index is 1340. The van der Waals surface area contributed by atoms with Crippen molar-refractivity contribution in [3.05, 3.63) is 102 Å². The molecule has 192 valence electrons. The number of carbonyl (C=O) groups excluding carboxylic acids is 1. The lowest BCUT2D eigenvalue weighted by molar-refractivity contribution is -0.133. The summed E-state index contributed by atoms with van der Waals surface area (Å²) in [6, 6.07) is 23.0. The van der Waals surface area contributed by atoms with E-state index in [1.54, 1.807) is 7.11 Å². The number of ether oxygens (including phenoxy) is 1. The minimum absolute atomic E-state index is 0.150. The molecular formula is C31H34FN3O2. The summed E-state index contributed by atoms with van der Waals surface area (Å²) in [4.78, 5) is 17.9. The molecule has 0 N–H and O–H groups in total. The molecule has 4 aromatic rings. The second kappa shape index (κ2) is 11.2. The van der Waals surface area contributed by atoms with Crippen LogP contribution in [0.15, 0.2) is 79.0 Å². The number of hydrogen-bond acceptors (Lipinski definition) is 3. The number of rotatable bonds is 8. The molecule has 1 amide bonds. The highest BCUT2D eigenvalue weighted by Crippen LogP contribution is 2.36. The number of piperazine rings is 1. The van der Waals surface area contributed by atoms with Crippen molar-refractivity contribution in [3.63, 3.8) is 0 Å². The molecule has 1 aromatic heterocycles. The molecule has 5 nitrogen and oxygen atoms in total. The smallest absolute Gasteiger partial charge is 0.223 e. The summed E-state index contributed by atoms with van der Waals surface area (Å²) in [5.74, 6) is 0.541. The number of likely N-dealkylation sites (N-methyl/N-ethyl adjacent to an activating group) is 1. The first-order valence-electron chi connectivity index (χ1n) is 13.0. The third-order valence-corrected chi connectivity index (χ3v) is 7.53. The average Bonchev–Trinajstić information content (AvgIpc) is 3.30. The Balaban J connectivity index is 1.49. The third kappa shape index (κ3) is 5.54. The molecule has 0 saturated carbocycles.